The highest BCUT2D eigenvalue weighted by Crippen LogP contribution is 2.35. The summed E-state index contributed by atoms with van der Waals surface area (Å²) in [7, 11) is 0. The van der Waals surface area contributed by atoms with Gasteiger partial charge in [0.15, 0.2) is 0 Å². The number of carbonyl (C=O) groups is 2. The fourth-order valence-electron chi connectivity index (χ4n) is 4.13. The predicted molar refractivity (Wildman–Crippen MR) is 116 cm³/mol. The summed E-state index contributed by atoms with van der Waals surface area (Å²) in [5.74, 6) is 0.313. The standard InChI is InChI=1S/C24H28FN3O3/c1-2-20-16-28(21-5-3-4-6-22(21)31-20)24(30)27-13-11-18(12-14-27)23(29)26-15-17-7-9-19(25)10-8-17/h3-10,18,20H,2,11-16H2,1H3,(H,26,29)/t20-/m0/s1. The van der Waals surface area contributed by atoms with Gasteiger partial charge in [-0.25, -0.2) is 9.18 Å². The Hall–Kier alpha value is -3.09. The molecule has 0 aliphatic carbocycles. The lowest BCUT2D eigenvalue weighted by Crippen LogP contribution is -2.52. The molecule has 4 rings (SSSR count). The first-order valence-electron chi connectivity index (χ1n) is 10.9. The highest BCUT2D eigenvalue weighted by molar-refractivity contribution is 5.94. The van der Waals surface area contributed by atoms with Gasteiger partial charge in [-0.1, -0.05) is 31.2 Å². The minimum absolute atomic E-state index is 0.0146. The van der Waals surface area contributed by atoms with Gasteiger partial charge < -0.3 is 15.0 Å². The number of nitrogens with one attached hydrogen (secondary N) is 1. The Labute approximate surface area is 182 Å². The van der Waals surface area contributed by atoms with Crippen molar-refractivity contribution >= 4 is 17.6 Å². The maximum Gasteiger partial charge on any atom is 0.324 e. The number of amides is 3. The van der Waals surface area contributed by atoms with Gasteiger partial charge in [0.1, 0.15) is 17.7 Å². The van der Waals surface area contributed by atoms with Crippen LogP contribution in [0.2, 0.25) is 0 Å². The van der Waals surface area contributed by atoms with E-state index < -0.39 is 0 Å². The van der Waals surface area contributed by atoms with E-state index in [1.54, 1.807) is 12.1 Å². The number of nitrogens with zero attached hydrogens (tertiary/aromatic N) is 2. The van der Waals surface area contributed by atoms with E-state index in [4.69, 9.17) is 4.74 Å². The fraction of sp³-hybridized carbons (Fsp3) is 0.417. The number of piperidine rings is 1. The number of halogens is 1. The topological polar surface area (TPSA) is 61.9 Å². The summed E-state index contributed by atoms with van der Waals surface area (Å²) in [6.45, 7) is 4.05. The number of hydrogen-bond acceptors (Lipinski definition) is 3. The van der Waals surface area contributed by atoms with Crippen LogP contribution in [-0.2, 0) is 11.3 Å². The number of benzene rings is 2. The lowest BCUT2D eigenvalue weighted by Gasteiger charge is -2.39. The zero-order chi connectivity index (χ0) is 21.8. The minimum Gasteiger partial charge on any atom is -0.486 e. The molecule has 2 aromatic carbocycles. The van der Waals surface area contributed by atoms with Crippen LogP contribution in [0, 0.1) is 11.7 Å². The number of urea groups is 1. The van der Waals surface area contributed by atoms with Gasteiger partial charge in [-0.05, 0) is 49.1 Å². The van der Waals surface area contributed by atoms with E-state index in [-0.39, 0.29) is 29.8 Å². The molecule has 2 heterocycles. The summed E-state index contributed by atoms with van der Waals surface area (Å²) in [6, 6.07) is 13.7. The predicted octanol–water partition coefficient (Wildman–Crippen LogP) is 3.95. The number of anilines is 1. The number of para-hydroxylation sites is 2. The number of hydrogen-bond donors (Lipinski definition) is 1. The maximum absolute atomic E-state index is 13.3. The second kappa shape index (κ2) is 9.37. The van der Waals surface area contributed by atoms with Crippen LogP contribution >= 0.6 is 0 Å². The third-order valence-corrected chi connectivity index (χ3v) is 6.04. The van der Waals surface area contributed by atoms with Crippen molar-refractivity contribution in [1.82, 2.24) is 10.2 Å². The van der Waals surface area contributed by atoms with E-state index in [9.17, 15) is 14.0 Å². The molecule has 2 aromatic rings. The monoisotopic (exact) mass is 425 g/mol. The molecule has 164 valence electrons. The van der Waals surface area contributed by atoms with Gasteiger partial charge in [0.2, 0.25) is 5.91 Å². The lowest BCUT2D eigenvalue weighted by atomic mass is 9.96. The number of rotatable bonds is 4. The SMILES string of the molecule is CC[C@H]1CN(C(=O)N2CCC(C(=O)NCc3ccc(F)cc3)CC2)c2ccccc2O1. The molecule has 1 N–H and O–H groups in total. The highest BCUT2D eigenvalue weighted by Gasteiger charge is 2.34. The van der Waals surface area contributed by atoms with Gasteiger partial charge in [-0.15, -0.1) is 0 Å². The van der Waals surface area contributed by atoms with Gasteiger partial charge in [-0.3, -0.25) is 9.69 Å². The molecule has 6 nitrogen and oxygen atoms in total. The molecule has 31 heavy (non-hydrogen) atoms. The molecule has 1 fully saturated rings. The first kappa shape index (κ1) is 21.2. The third-order valence-electron chi connectivity index (χ3n) is 6.04. The molecule has 0 unspecified atom stereocenters. The maximum atomic E-state index is 13.3. The van der Waals surface area contributed by atoms with Crippen LogP contribution in [0.5, 0.6) is 5.75 Å². The second-order valence-corrected chi connectivity index (χ2v) is 8.11. The molecule has 1 saturated heterocycles. The Bertz CT molecular complexity index is 926. The quantitative estimate of drug-likeness (QED) is 0.807. The molecule has 1 atom stereocenters. The number of ether oxygens (including phenoxy) is 1. The fourth-order valence-corrected chi connectivity index (χ4v) is 4.13. The van der Waals surface area contributed by atoms with Gasteiger partial charge in [0.05, 0.1) is 12.2 Å². The Morgan fingerprint density at radius 3 is 2.52 bits per heavy atom. The molecule has 2 aliphatic rings. The first-order valence-corrected chi connectivity index (χ1v) is 10.9. The van der Waals surface area contributed by atoms with Crippen LogP contribution in [0.25, 0.3) is 0 Å². The van der Waals surface area contributed by atoms with Crippen LogP contribution < -0.4 is 15.0 Å². The normalized spacial score (nSPS) is 18.8. The van der Waals surface area contributed by atoms with Crippen molar-refractivity contribution in [2.24, 2.45) is 5.92 Å². The van der Waals surface area contributed by atoms with Gasteiger partial charge in [-0.2, -0.15) is 0 Å². The van der Waals surface area contributed by atoms with E-state index in [0.717, 1.165) is 23.4 Å². The number of fused-ring (bicyclic) bond motifs is 1. The number of carbonyl (C=O) groups excluding carboxylic acids is 2. The van der Waals surface area contributed by atoms with Crippen molar-refractivity contribution < 1.29 is 18.7 Å². The largest absolute Gasteiger partial charge is 0.486 e. The van der Waals surface area contributed by atoms with E-state index >= 15 is 0 Å². The van der Waals surface area contributed by atoms with Crippen LogP contribution in [0.4, 0.5) is 14.9 Å². The van der Waals surface area contributed by atoms with Crippen molar-refractivity contribution in [2.75, 3.05) is 24.5 Å². The molecule has 7 heteroatoms. The molecular formula is C24H28FN3O3. The van der Waals surface area contributed by atoms with Crippen molar-refractivity contribution in [1.29, 1.82) is 0 Å². The minimum atomic E-state index is -0.291. The summed E-state index contributed by atoms with van der Waals surface area (Å²) in [6.07, 6.45) is 2.07. The summed E-state index contributed by atoms with van der Waals surface area (Å²) >= 11 is 0. The van der Waals surface area contributed by atoms with Crippen molar-refractivity contribution in [3.05, 3.63) is 59.9 Å². The van der Waals surface area contributed by atoms with E-state index in [1.807, 2.05) is 34.1 Å². The van der Waals surface area contributed by atoms with Crippen LogP contribution in [0.1, 0.15) is 31.7 Å². The number of likely N-dealkylation sites (tertiary alicyclic amines) is 1. The zero-order valence-corrected chi connectivity index (χ0v) is 17.7. The summed E-state index contributed by atoms with van der Waals surface area (Å²) in [5, 5.41) is 2.93. The first-order chi connectivity index (χ1) is 15.0. The van der Waals surface area contributed by atoms with Crippen LogP contribution in [0.15, 0.2) is 48.5 Å². The van der Waals surface area contributed by atoms with Gasteiger partial charge >= 0.3 is 6.03 Å². The average molecular weight is 426 g/mol. The van der Waals surface area contributed by atoms with E-state index in [0.29, 0.717) is 39.0 Å². The molecule has 0 aromatic heterocycles. The summed E-state index contributed by atoms with van der Waals surface area (Å²) in [4.78, 5) is 29.4. The molecule has 0 bridgehead atoms. The lowest BCUT2D eigenvalue weighted by molar-refractivity contribution is -0.126. The Balaban J connectivity index is 1.32. The molecular weight excluding hydrogens is 397 g/mol. The summed E-state index contributed by atoms with van der Waals surface area (Å²) in [5.41, 5.74) is 1.66. The molecule has 3 amide bonds. The average Bonchev–Trinajstić information content (AvgIpc) is 2.82. The second-order valence-electron chi connectivity index (χ2n) is 8.11. The molecule has 0 radical (unpaired) electrons. The highest BCUT2D eigenvalue weighted by atomic mass is 19.1. The van der Waals surface area contributed by atoms with Crippen LogP contribution in [0.3, 0.4) is 0 Å². The van der Waals surface area contributed by atoms with Crippen molar-refractivity contribution in [2.45, 2.75) is 38.8 Å². The van der Waals surface area contributed by atoms with Crippen molar-refractivity contribution in [3.8, 4) is 5.75 Å². The molecule has 0 saturated carbocycles. The summed E-state index contributed by atoms with van der Waals surface area (Å²) < 4.78 is 19.0. The van der Waals surface area contributed by atoms with E-state index in [2.05, 4.69) is 12.2 Å². The smallest absolute Gasteiger partial charge is 0.324 e. The zero-order valence-electron chi connectivity index (χ0n) is 17.7. The van der Waals surface area contributed by atoms with Crippen molar-refractivity contribution in [3.63, 3.8) is 0 Å². The third kappa shape index (κ3) is 4.81. The Kier molecular flexibility index (Phi) is 6.39. The van der Waals surface area contributed by atoms with Gasteiger partial charge in [0.25, 0.3) is 0 Å². The van der Waals surface area contributed by atoms with Crippen LogP contribution in [-0.4, -0.2) is 42.6 Å². The molecule has 2 aliphatic heterocycles. The molecule has 0 spiro atoms. The van der Waals surface area contributed by atoms with E-state index in [1.165, 1.54) is 12.1 Å². The Morgan fingerprint density at radius 1 is 1.10 bits per heavy atom. The Morgan fingerprint density at radius 2 is 1.81 bits per heavy atom. The van der Waals surface area contributed by atoms with Gasteiger partial charge in [0, 0.05) is 25.6 Å².